The molecule has 1 rings (SSSR count). The summed E-state index contributed by atoms with van der Waals surface area (Å²) in [5.41, 5.74) is 7.69. The van der Waals surface area contributed by atoms with Gasteiger partial charge >= 0.3 is 0 Å². The predicted octanol–water partition coefficient (Wildman–Crippen LogP) is 0.451. The van der Waals surface area contributed by atoms with Crippen molar-refractivity contribution < 1.29 is 13.2 Å². The van der Waals surface area contributed by atoms with E-state index in [-0.39, 0.29) is 18.2 Å². The molecule has 7 heteroatoms. The van der Waals surface area contributed by atoms with E-state index in [9.17, 15) is 13.2 Å². The molecule has 0 bridgehead atoms. The summed E-state index contributed by atoms with van der Waals surface area (Å²) < 4.78 is 22.2. The first kappa shape index (κ1) is 16.3. The Bertz CT molecular complexity index is 597. The molecule has 1 aromatic rings. The van der Waals surface area contributed by atoms with Crippen molar-refractivity contribution in [3.63, 3.8) is 0 Å². The number of amides is 1. The lowest BCUT2D eigenvalue weighted by Gasteiger charge is -2.19. The maximum absolute atomic E-state index is 12.2. The number of carbonyl (C=O) groups excluding carboxylic acids is 1. The minimum atomic E-state index is -3.09. The van der Waals surface area contributed by atoms with Gasteiger partial charge in [0.2, 0.25) is 0 Å². The Morgan fingerprint density at radius 2 is 1.85 bits per heavy atom. The van der Waals surface area contributed by atoms with Gasteiger partial charge in [0.05, 0.1) is 17.1 Å². The van der Waals surface area contributed by atoms with Crippen LogP contribution in [-0.2, 0) is 9.84 Å². The maximum atomic E-state index is 12.2. The zero-order valence-electron chi connectivity index (χ0n) is 12.3. The lowest BCUT2D eigenvalue weighted by molar-refractivity contribution is 0.0803. The highest BCUT2D eigenvalue weighted by atomic mass is 32.2. The topological polar surface area (TPSA) is 83.7 Å². The van der Waals surface area contributed by atoms with Gasteiger partial charge in [0, 0.05) is 39.5 Å². The molecule has 0 radical (unpaired) electrons. The van der Waals surface area contributed by atoms with Crippen LogP contribution in [0.15, 0.2) is 18.2 Å². The van der Waals surface area contributed by atoms with Crippen molar-refractivity contribution in [1.29, 1.82) is 0 Å². The van der Waals surface area contributed by atoms with E-state index in [1.165, 1.54) is 4.90 Å². The second-order valence-corrected chi connectivity index (χ2v) is 7.28. The van der Waals surface area contributed by atoms with Crippen molar-refractivity contribution in [3.8, 4) is 0 Å². The number of benzene rings is 1. The summed E-state index contributed by atoms with van der Waals surface area (Å²) >= 11 is 0. The van der Waals surface area contributed by atoms with Crippen LogP contribution in [0.1, 0.15) is 10.4 Å². The van der Waals surface area contributed by atoms with Gasteiger partial charge in [-0.1, -0.05) is 0 Å². The van der Waals surface area contributed by atoms with E-state index in [0.717, 1.165) is 11.9 Å². The third kappa shape index (κ3) is 4.41. The van der Waals surface area contributed by atoms with Gasteiger partial charge in [-0.05, 0) is 18.2 Å². The minimum absolute atomic E-state index is 0.0551. The predicted molar refractivity (Wildman–Crippen MR) is 81.9 cm³/mol. The first-order valence-electron chi connectivity index (χ1n) is 6.12. The molecule has 0 heterocycles. The number of rotatable bonds is 5. The number of hydrogen-bond donors (Lipinski definition) is 1. The van der Waals surface area contributed by atoms with Crippen molar-refractivity contribution in [2.75, 3.05) is 50.3 Å². The molecule has 0 aromatic heterocycles. The molecule has 0 atom stereocenters. The second-order valence-electron chi connectivity index (χ2n) is 5.02. The highest BCUT2D eigenvalue weighted by Crippen LogP contribution is 2.22. The SMILES string of the molecule is CN(CCS(C)(=O)=O)C(=O)c1ccc(N(C)C)c(N)c1. The Balaban J connectivity index is 2.84. The molecule has 0 aliphatic heterocycles. The fourth-order valence-electron chi connectivity index (χ4n) is 1.72. The summed E-state index contributed by atoms with van der Waals surface area (Å²) in [7, 11) is 2.22. The molecule has 0 aliphatic rings. The summed E-state index contributed by atoms with van der Waals surface area (Å²) in [5.74, 6) is -0.300. The van der Waals surface area contributed by atoms with Gasteiger partial charge in [-0.25, -0.2) is 8.42 Å². The van der Waals surface area contributed by atoms with Crippen molar-refractivity contribution >= 4 is 27.1 Å². The monoisotopic (exact) mass is 299 g/mol. The van der Waals surface area contributed by atoms with Gasteiger partial charge in [-0.2, -0.15) is 0 Å². The molecular formula is C13H21N3O3S. The highest BCUT2D eigenvalue weighted by Gasteiger charge is 2.15. The smallest absolute Gasteiger partial charge is 0.253 e. The van der Waals surface area contributed by atoms with Crippen LogP contribution in [-0.4, -0.2) is 58.9 Å². The van der Waals surface area contributed by atoms with Crippen LogP contribution >= 0.6 is 0 Å². The zero-order chi connectivity index (χ0) is 15.5. The van der Waals surface area contributed by atoms with Crippen LogP contribution < -0.4 is 10.6 Å². The largest absolute Gasteiger partial charge is 0.397 e. The second kappa shape index (κ2) is 6.13. The Hall–Kier alpha value is -1.76. The molecule has 0 spiro atoms. The maximum Gasteiger partial charge on any atom is 0.253 e. The summed E-state index contributed by atoms with van der Waals surface area (Å²) in [5, 5.41) is 0. The number of sulfone groups is 1. The summed E-state index contributed by atoms with van der Waals surface area (Å²) in [6, 6.07) is 5.06. The third-order valence-electron chi connectivity index (χ3n) is 2.90. The first-order chi connectivity index (χ1) is 9.11. The van der Waals surface area contributed by atoms with Crippen LogP contribution in [0.5, 0.6) is 0 Å². The van der Waals surface area contributed by atoms with Gasteiger partial charge in [0.1, 0.15) is 9.84 Å². The van der Waals surface area contributed by atoms with Crippen LogP contribution in [0.25, 0.3) is 0 Å². The fraction of sp³-hybridized carbons (Fsp3) is 0.462. The van der Waals surface area contributed by atoms with Gasteiger partial charge in [-0.3, -0.25) is 4.79 Å². The van der Waals surface area contributed by atoms with Crippen LogP contribution in [0, 0.1) is 0 Å². The van der Waals surface area contributed by atoms with Crippen molar-refractivity contribution in [2.45, 2.75) is 0 Å². The van der Waals surface area contributed by atoms with Crippen molar-refractivity contribution in [1.82, 2.24) is 4.90 Å². The molecule has 6 nitrogen and oxygen atoms in total. The van der Waals surface area contributed by atoms with Gasteiger partial charge in [-0.15, -0.1) is 0 Å². The Kier molecular flexibility index (Phi) is 4.99. The number of nitrogens with zero attached hydrogens (tertiary/aromatic N) is 2. The van der Waals surface area contributed by atoms with Crippen LogP contribution in [0.2, 0.25) is 0 Å². The van der Waals surface area contributed by atoms with E-state index < -0.39 is 9.84 Å². The summed E-state index contributed by atoms with van der Waals surface area (Å²) in [6.07, 6.45) is 1.15. The quantitative estimate of drug-likeness (QED) is 0.798. The highest BCUT2D eigenvalue weighted by molar-refractivity contribution is 7.90. The molecule has 112 valence electrons. The summed E-state index contributed by atoms with van der Waals surface area (Å²) in [6.45, 7) is 0.160. The molecule has 1 amide bonds. The van der Waals surface area contributed by atoms with E-state index in [4.69, 9.17) is 5.73 Å². The average Bonchev–Trinajstić information content (AvgIpc) is 2.33. The Morgan fingerprint density at radius 1 is 1.25 bits per heavy atom. The normalized spacial score (nSPS) is 11.2. The van der Waals surface area contributed by atoms with Gasteiger partial charge in [0.25, 0.3) is 5.91 Å². The van der Waals surface area contributed by atoms with E-state index in [1.807, 2.05) is 19.0 Å². The molecule has 2 N–H and O–H groups in total. The van der Waals surface area contributed by atoms with Gasteiger partial charge < -0.3 is 15.5 Å². The Morgan fingerprint density at radius 3 is 2.30 bits per heavy atom. The number of carbonyl (C=O) groups is 1. The number of nitrogen functional groups attached to an aromatic ring is 1. The molecule has 20 heavy (non-hydrogen) atoms. The van der Waals surface area contributed by atoms with Gasteiger partial charge in [0.15, 0.2) is 0 Å². The molecule has 0 unspecified atom stereocenters. The molecule has 1 aromatic carbocycles. The van der Waals surface area contributed by atoms with Crippen molar-refractivity contribution in [2.24, 2.45) is 0 Å². The number of hydrogen-bond acceptors (Lipinski definition) is 5. The molecule has 0 saturated heterocycles. The summed E-state index contributed by atoms with van der Waals surface area (Å²) in [4.78, 5) is 15.4. The molecule has 0 fully saturated rings. The third-order valence-corrected chi connectivity index (χ3v) is 3.82. The first-order valence-corrected chi connectivity index (χ1v) is 8.18. The van der Waals surface area contributed by atoms with Crippen molar-refractivity contribution in [3.05, 3.63) is 23.8 Å². The minimum Gasteiger partial charge on any atom is -0.397 e. The molecule has 0 saturated carbocycles. The average molecular weight is 299 g/mol. The van der Waals surface area contributed by atoms with E-state index >= 15 is 0 Å². The standard InChI is InChI=1S/C13H21N3O3S/c1-15(2)12-6-5-10(9-11(12)14)13(17)16(3)7-8-20(4,18)19/h5-6,9H,7-8,14H2,1-4H3. The lowest BCUT2D eigenvalue weighted by Crippen LogP contribution is -2.31. The lowest BCUT2D eigenvalue weighted by atomic mass is 10.1. The number of anilines is 2. The Labute approximate surface area is 120 Å². The van der Waals surface area contributed by atoms with E-state index in [0.29, 0.717) is 11.3 Å². The molecular weight excluding hydrogens is 278 g/mol. The van der Waals surface area contributed by atoms with E-state index in [1.54, 1.807) is 25.2 Å². The van der Waals surface area contributed by atoms with E-state index in [2.05, 4.69) is 0 Å². The fourth-order valence-corrected chi connectivity index (χ4v) is 2.33. The number of nitrogens with two attached hydrogens (primary N) is 1. The van der Waals surface area contributed by atoms with Crippen LogP contribution in [0.4, 0.5) is 11.4 Å². The zero-order valence-corrected chi connectivity index (χ0v) is 13.1. The molecule has 0 aliphatic carbocycles. The van der Waals surface area contributed by atoms with Crippen LogP contribution in [0.3, 0.4) is 0 Å².